The summed E-state index contributed by atoms with van der Waals surface area (Å²) in [5.41, 5.74) is 0.615. The van der Waals surface area contributed by atoms with Crippen LogP contribution in [0, 0.1) is 5.92 Å². The van der Waals surface area contributed by atoms with Gasteiger partial charge in [-0.1, -0.05) is 48.3 Å². The maximum Gasteiger partial charge on any atom is 0.286 e. The SMILES string of the molecule is O=C(Nc1cccc(Cl)c1)c1nnc([C@@H]2CCCN2C(=O)C2CCCCC2)s1. The van der Waals surface area contributed by atoms with Gasteiger partial charge in [0.1, 0.15) is 5.01 Å². The molecule has 2 amide bonds. The lowest BCUT2D eigenvalue weighted by atomic mass is 9.88. The number of rotatable bonds is 4. The number of hydrogen-bond donors (Lipinski definition) is 1. The third-order valence-corrected chi connectivity index (χ3v) is 6.75. The van der Waals surface area contributed by atoms with E-state index >= 15 is 0 Å². The highest BCUT2D eigenvalue weighted by Crippen LogP contribution is 2.37. The van der Waals surface area contributed by atoms with Gasteiger partial charge in [0.2, 0.25) is 10.9 Å². The van der Waals surface area contributed by atoms with Crippen LogP contribution in [0.3, 0.4) is 0 Å². The van der Waals surface area contributed by atoms with E-state index in [4.69, 9.17) is 11.6 Å². The Morgan fingerprint density at radius 2 is 1.93 bits per heavy atom. The number of amides is 2. The van der Waals surface area contributed by atoms with Crippen LogP contribution in [-0.2, 0) is 4.79 Å². The van der Waals surface area contributed by atoms with Crippen molar-refractivity contribution < 1.29 is 9.59 Å². The summed E-state index contributed by atoms with van der Waals surface area (Å²) in [6.07, 6.45) is 7.34. The van der Waals surface area contributed by atoms with Gasteiger partial charge < -0.3 is 10.2 Å². The van der Waals surface area contributed by atoms with Crippen molar-refractivity contribution in [1.29, 1.82) is 0 Å². The van der Waals surface area contributed by atoms with E-state index in [2.05, 4.69) is 15.5 Å². The van der Waals surface area contributed by atoms with Crippen LogP contribution in [0.2, 0.25) is 5.02 Å². The van der Waals surface area contributed by atoms with Crippen molar-refractivity contribution in [3.63, 3.8) is 0 Å². The molecule has 4 rings (SSSR count). The van der Waals surface area contributed by atoms with Crippen LogP contribution in [-0.4, -0.2) is 33.5 Å². The average molecular weight is 419 g/mol. The molecular formula is C20H23ClN4O2S. The lowest BCUT2D eigenvalue weighted by Crippen LogP contribution is -2.36. The number of hydrogen-bond acceptors (Lipinski definition) is 5. The molecular weight excluding hydrogens is 396 g/mol. The van der Waals surface area contributed by atoms with Crippen molar-refractivity contribution in [1.82, 2.24) is 15.1 Å². The van der Waals surface area contributed by atoms with E-state index in [9.17, 15) is 9.59 Å². The molecule has 0 unspecified atom stereocenters. The first kappa shape index (κ1) is 19.3. The quantitative estimate of drug-likeness (QED) is 0.781. The summed E-state index contributed by atoms with van der Waals surface area (Å²) >= 11 is 7.23. The molecule has 148 valence electrons. The molecule has 8 heteroatoms. The number of anilines is 1. The number of halogens is 1. The molecule has 28 heavy (non-hydrogen) atoms. The maximum atomic E-state index is 13.0. The fraction of sp³-hybridized carbons (Fsp3) is 0.500. The zero-order valence-electron chi connectivity index (χ0n) is 15.6. The first-order valence-corrected chi connectivity index (χ1v) is 11.0. The minimum Gasteiger partial charge on any atom is -0.333 e. The Hall–Kier alpha value is -1.99. The van der Waals surface area contributed by atoms with Gasteiger partial charge in [-0.05, 0) is 43.9 Å². The van der Waals surface area contributed by atoms with Gasteiger partial charge in [0.05, 0.1) is 6.04 Å². The van der Waals surface area contributed by atoms with E-state index < -0.39 is 0 Å². The van der Waals surface area contributed by atoms with E-state index in [1.54, 1.807) is 24.3 Å². The molecule has 1 aliphatic carbocycles. The molecule has 1 aliphatic heterocycles. The molecule has 0 bridgehead atoms. The summed E-state index contributed by atoms with van der Waals surface area (Å²) < 4.78 is 0. The summed E-state index contributed by atoms with van der Waals surface area (Å²) in [7, 11) is 0. The molecule has 1 aromatic carbocycles. The Morgan fingerprint density at radius 3 is 2.71 bits per heavy atom. The van der Waals surface area contributed by atoms with Gasteiger partial charge >= 0.3 is 0 Å². The van der Waals surface area contributed by atoms with Crippen molar-refractivity contribution in [2.75, 3.05) is 11.9 Å². The number of aromatic nitrogens is 2. The van der Waals surface area contributed by atoms with E-state index in [-0.39, 0.29) is 23.8 Å². The zero-order valence-corrected chi connectivity index (χ0v) is 17.1. The minimum atomic E-state index is -0.311. The predicted octanol–water partition coefficient (Wildman–Crippen LogP) is 4.69. The molecule has 0 radical (unpaired) electrons. The molecule has 1 saturated carbocycles. The highest BCUT2D eigenvalue weighted by molar-refractivity contribution is 7.13. The Labute approximate surface area is 173 Å². The van der Waals surface area contributed by atoms with E-state index in [1.165, 1.54) is 17.8 Å². The number of carbonyl (C=O) groups is 2. The van der Waals surface area contributed by atoms with Crippen LogP contribution in [0.25, 0.3) is 0 Å². The molecule has 6 nitrogen and oxygen atoms in total. The summed E-state index contributed by atoms with van der Waals surface area (Å²) in [6, 6.07) is 6.92. The Bertz CT molecular complexity index is 865. The molecule has 1 N–H and O–H groups in total. The second-order valence-corrected chi connectivity index (χ2v) is 8.88. The van der Waals surface area contributed by atoms with E-state index in [0.717, 1.165) is 50.1 Å². The Kier molecular flexibility index (Phi) is 5.92. The maximum absolute atomic E-state index is 13.0. The fourth-order valence-corrected chi connectivity index (χ4v) is 5.16. The largest absolute Gasteiger partial charge is 0.333 e. The summed E-state index contributed by atoms with van der Waals surface area (Å²) in [5.74, 6) is 0.0874. The number of nitrogens with one attached hydrogen (secondary N) is 1. The first-order chi connectivity index (χ1) is 13.6. The Morgan fingerprint density at radius 1 is 1.11 bits per heavy atom. The van der Waals surface area contributed by atoms with Gasteiger partial charge in [-0.15, -0.1) is 10.2 Å². The van der Waals surface area contributed by atoms with Gasteiger partial charge in [-0.25, -0.2) is 0 Å². The summed E-state index contributed by atoms with van der Waals surface area (Å²) in [5, 5.41) is 12.7. The minimum absolute atomic E-state index is 0.0559. The van der Waals surface area contributed by atoms with Crippen LogP contribution in [0.15, 0.2) is 24.3 Å². The van der Waals surface area contributed by atoms with Crippen LogP contribution < -0.4 is 5.32 Å². The normalized spacial score (nSPS) is 20.3. The topological polar surface area (TPSA) is 75.2 Å². The molecule has 1 aromatic heterocycles. The van der Waals surface area contributed by atoms with Crippen molar-refractivity contribution in [2.24, 2.45) is 5.92 Å². The van der Waals surface area contributed by atoms with Gasteiger partial charge in [0.25, 0.3) is 5.91 Å². The van der Waals surface area contributed by atoms with Crippen LogP contribution in [0.1, 0.15) is 65.8 Å². The molecule has 1 saturated heterocycles. The standard InChI is InChI=1S/C20H23ClN4O2S/c21-14-8-4-9-15(12-14)22-17(26)19-24-23-18(28-19)16-10-5-11-25(16)20(27)13-6-2-1-3-7-13/h4,8-9,12-13,16H,1-3,5-7,10-11H2,(H,22,26)/t16-/m0/s1. The summed E-state index contributed by atoms with van der Waals surface area (Å²) in [4.78, 5) is 27.4. The van der Waals surface area contributed by atoms with Crippen LogP contribution in [0.4, 0.5) is 5.69 Å². The predicted molar refractivity (Wildman–Crippen MR) is 110 cm³/mol. The van der Waals surface area contributed by atoms with Crippen LogP contribution in [0.5, 0.6) is 0 Å². The molecule has 2 aromatic rings. The average Bonchev–Trinajstić information content (AvgIpc) is 3.37. The van der Waals surface area contributed by atoms with Crippen molar-refractivity contribution in [3.05, 3.63) is 39.3 Å². The van der Waals surface area contributed by atoms with Crippen molar-refractivity contribution in [2.45, 2.75) is 51.0 Å². The van der Waals surface area contributed by atoms with Gasteiger partial charge in [-0.3, -0.25) is 9.59 Å². The Balaban J connectivity index is 1.45. The molecule has 0 spiro atoms. The molecule has 2 fully saturated rings. The second kappa shape index (κ2) is 8.57. The molecule has 2 aliphatic rings. The number of benzene rings is 1. The van der Waals surface area contributed by atoms with Gasteiger partial charge in [0, 0.05) is 23.2 Å². The van der Waals surface area contributed by atoms with Gasteiger partial charge in [0.15, 0.2) is 0 Å². The third kappa shape index (κ3) is 4.20. The fourth-order valence-electron chi connectivity index (χ4n) is 4.08. The van der Waals surface area contributed by atoms with Crippen molar-refractivity contribution in [3.8, 4) is 0 Å². The van der Waals surface area contributed by atoms with Gasteiger partial charge in [-0.2, -0.15) is 0 Å². The van der Waals surface area contributed by atoms with E-state index in [1.807, 2.05) is 4.90 Å². The zero-order chi connectivity index (χ0) is 19.5. The number of carbonyl (C=O) groups excluding carboxylic acids is 2. The summed E-state index contributed by atoms with van der Waals surface area (Å²) in [6.45, 7) is 0.767. The second-order valence-electron chi connectivity index (χ2n) is 7.43. The smallest absolute Gasteiger partial charge is 0.286 e. The van der Waals surface area contributed by atoms with E-state index in [0.29, 0.717) is 15.7 Å². The first-order valence-electron chi connectivity index (χ1n) is 9.82. The monoisotopic (exact) mass is 418 g/mol. The molecule has 1 atom stereocenters. The number of nitrogens with zero attached hydrogens (tertiary/aromatic N) is 3. The lowest BCUT2D eigenvalue weighted by molar-refractivity contribution is -0.137. The van der Waals surface area contributed by atoms with Crippen molar-refractivity contribution >= 4 is 40.4 Å². The third-order valence-electron chi connectivity index (χ3n) is 5.49. The molecule has 2 heterocycles. The lowest BCUT2D eigenvalue weighted by Gasteiger charge is -2.29. The highest BCUT2D eigenvalue weighted by atomic mass is 35.5. The highest BCUT2D eigenvalue weighted by Gasteiger charge is 2.36. The number of likely N-dealkylation sites (tertiary alicyclic amines) is 1. The van der Waals surface area contributed by atoms with Crippen LogP contribution >= 0.6 is 22.9 Å².